The molecule has 1 unspecified atom stereocenters. The van der Waals surface area contributed by atoms with Gasteiger partial charge in [-0.05, 0) is 126 Å². The van der Waals surface area contributed by atoms with Crippen molar-refractivity contribution >= 4 is 34.7 Å². The lowest BCUT2D eigenvalue weighted by Crippen LogP contribution is -2.06. The van der Waals surface area contributed by atoms with Crippen molar-refractivity contribution in [1.82, 2.24) is 0 Å². The highest BCUT2D eigenvalue weighted by atomic mass is 16.3. The number of phenolic OH excluding ortho intramolecular Hbond substituents is 2. The van der Waals surface area contributed by atoms with E-state index >= 15 is 0 Å². The second-order valence-corrected chi connectivity index (χ2v) is 17.0. The molecule has 0 fully saturated rings. The van der Waals surface area contributed by atoms with E-state index in [4.69, 9.17) is 10.8 Å². The maximum absolute atomic E-state index is 10.0. The molecule has 1 atom stereocenters. The Morgan fingerprint density at radius 1 is 0.357 bits per heavy atom. The van der Waals surface area contributed by atoms with Gasteiger partial charge in [-0.25, -0.2) is 0 Å². The van der Waals surface area contributed by atoms with Gasteiger partial charge in [-0.3, -0.25) is 0 Å². The van der Waals surface area contributed by atoms with Crippen LogP contribution in [0.5, 0.6) is 11.5 Å². The number of benzene rings is 9. The number of hydrogen-bond donors (Lipinski definition) is 4. The third-order valence-corrected chi connectivity index (χ3v) is 12.5. The standard InChI is InChI=1S/C33H27NO.C33H25NO/c2*34-23-30-22-28(19-20-31(30)35)27-17-10-18-29(21-27)33(26-15-8-3-9-16-26)32(24-11-4-1-5-12-24)25-13-6-2-7-14-25/h1-15,17-23,26,34-35H,16H2;1-23,34-35H. The summed E-state index contributed by atoms with van der Waals surface area (Å²) < 4.78 is 0. The minimum atomic E-state index is 0.111. The van der Waals surface area contributed by atoms with Crippen molar-refractivity contribution in [3.05, 3.63) is 311 Å². The van der Waals surface area contributed by atoms with Crippen LogP contribution in [0.2, 0.25) is 0 Å². The smallest absolute Gasteiger partial charge is 0.124 e. The summed E-state index contributed by atoms with van der Waals surface area (Å²) in [6.45, 7) is 0. The van der Waals surface area contributed by atoms with Crippen molar-refractivity contribution in [3.8, 4) is 33.8 Å². The van der Waals surface area contributed by atoms with Crippen LogP contribution in [0.3, 0.4) is 0 Å². The van der Waals surface area contributed by atoms with E-state index in [1.807, 2.05) is 42.5 Å². The molecule has 70 heavy (non-hydrogen) atoms. The quantitative estimate of drug-likeness (QED) is 0.0727. The fourth-order valence-corrected chi connectivity index (χ4v) is 9.17. The van der Waals surface area contributed by atoms with Crippen LogP contribution >= 0.6 is 0 Å². The van der Waals surface area contributed by atoms with Crippen LogP contribution in [-0.2, 0) is 0 Å². The van der Waals surface area contributed by atoms with E-state index in [9.17, 15) is 10.2 Å². The SMILES string of the molecule is N=Cc1cc(-c2cccc(C(=C(c3ccccc3)c3ccccc3)C3C=CC=CC3)c2)ccc1O.N=Cc1cc(-c2cccc(C(=C(c3ccccc3)c3ccccc3)c3ccccc3)c2)ccc1O. The first-order valence-electron chi connectivity index (χ1n) is 23.5. The predicted octanol–water partition coefficient (Wildman–Crippen LogP) is 16.2. The number of hydrogen-bond acceptors (Lipinski definition) is 4. The molecule has 0 aromatic heterocycles. The molecular weight excluding hydrogens is 853 g/mol. The molecule has 0 spiro atoms. The molecular formula is C66H52N2O2. The Morgan fingerprint density at radius 2 is 0.714 bits per heavy atom. The lowest BCUT2D eigenvalue weighted by Gasteiger charge is -2.24. The van der Waals surface area contributed by atoms with E-state index in [1.165, 1.54) is 45.8 Å². The molecule has 1 aliphatic rings. The maximum atomic E-state index is 10.0. The van der Waals surface area contributed by atoms with E-state index in [1.54, 1.807) is 12.1 Å². The molecule has 0 aliphatic heterocycles. The highest BCUT2D eigenvalue weighted by Crippen LogP contribution is 2.42. The van der Waals surface area contributed by atoms with Gasteiger partial charge in [0.2, 0.25) is 0 Å². The normalized spacial score (nSPS) is 12.5. The second kappa shape index (κ2) is 22.1. The van der Waals surface area contributed by atoms with E-state index < -0.39 is 0 Å². The zero-order valence-electron chi connectivity index (χ0n) is 38.7. The number of aromatic hydroxyl groups is 2. The molecule has 0 bridgehead atoms. The van der Waals surface area contributed by atoms with Gasteiger partial charge in [0.25, 0.3) is 0 Å². The first-order chi connectivity index (χ1) is 34.5. The Labute approximate surface area is 410 Å². The molecule has 9 aromatic carbocycles. The van der Waals surface area contributed by atoms with Gasteiger partial charge < -0.3 is 21.0 Å². The van der Waals surface area contributed by atoms with E-state index in [0.29, 0.717) is 11.1 Å². The fraction of sp³-hybridized carbons (Fsp3) is 0.0303. The van der Waals surface area contributed by atoms with Crippen molar-refractivity contribution in [1.29, 1.82) is 10.8 Å². The van der Waals surface area contributed by atoms with Crippen molar-refractivity contribution in [3.63, 3.8) is 0 Å². The van der Waals surface area contributed by atoms with E-state index in [0.717, 1.165) is 56.5 Å². The highest BCUT2D eigenvalue weighted by molar-refractivity contribution is 6.05. The largest absolute Gasteiger partial charge is 0.507 e. The highest BCUT2D eigenvalue weighted by Gasteiger charge is 2.22. The Bertz CT molecular complexity index is 3290. The average Bonchev–Trinajstić information content (AvgIpc) is 3.43. The average molecular weight is 905 g/mol. The van der Waals surface area contributed by atoms with Gasteiger partial charge in [0.1, 0.15) is 11.5 Å². The number of nitrogens with one attached hydrogen (secondary N) is 2. The summed E-state index contributed by atoms with van der Waals surface area (Å²) in [5.41, 5.74) is 18.0. The van der Waals surface area contributed by atoms with Gasteiger partial charge in [-0.15, -0.1) is 0 Å². The zero-order valence-corrected chi connectivity index (χ0v) is 38.7. The topological polar surface area (TPSA) is 88.2 Å². The predicted molar refractivity (Wildman–Crippen MR) is 292 cm³/mol. The summed E-state index contributed by atoms with van der Waals surface area (Å²) in [5, 5.41) is 35.3. The van der Waals surface area contributed by atoms with E-state index in [-0.39, 0.29) is 17.4 Å². The molecule has 4 N–H and O–H groups in total. The molecule has 9 aromatic rings. The number of rotatable bonds is 12. The minimum Gasteiger partial charge on any atom is -0.507 e. The summed E-state index contributed by atoms with van der Waals surface area (Å²) in [5.74, 6) is 0.470. The summed E-state index contributed by atoms with van der Waals surface area (Å²) in [7, 11) is 0. The molecule has 0 heterocycles. The van der Waals surface area contributed by atoms with Gasteiger partial charge in [0.05, 0.1) is 0 Å². The lowest BCUT2D eigenvalue weighted by atomic mass is 9.79. The molecule has 4 heteroatoms. The molecule has 338 valence electrons. The van der Waals surface area contributed by atoms with Gasteiger partial charge in [0.15, 0.2) is 0 Å². The number of phenols is 2. The first kappa shape index (κ1) is 46.0. The van der Waals surface area contributed by atoms with Crippen molar-refractivity contribution in [2.75, 3.05) is 0 Å². The van der Waals surface area contributed by atoms with Crippen LogP contribution in [0.15, 0.2) is 261 Å². The molecule has 0 radical (unpaired) electrons. The molecule has 4 nitrogen and oxygen atoms in total. The minimum absolute atomic E-state index is 0.111. The second-order valence-electron chi connectivity index (χ2n) is 17.0. The Morgan fingerprint density at radius 3 is 1.11 bits per heavy atom. The summed E-state index contributed by atoms with van der Waals surface area (Å²) in [6.07, 6.45) is 12.1. The van der Waals surface area contributed by atoms with Gasteiger partial charge in [-0.1, -0.05) is 224 Å². The molecule has 0 amide bonds. The van der Waals surface area contributed by atoms with Crippen LogP contribution in [-0.4, -0.2) is 22.6 Å². The summed E-state index contributed by atoms with van der Waals surface area (Å²) >= 11 is 0. The molecule has 10 rings (SSSR count). The summed E-state index contributed by atoms with van der Waals surface area (Å²) in [4.78, 5) is 0. The van der Waals surface area contributed by atoms with Gasteiger partial charge in [-0.2, -0.15) is 0 Å². The van der Waals surface area contributed by atoms with Crippen molar-refractivity contribution in [2.24, 2.45) is 5.92 Å². The monoisotopic (exact) mass is 904 g/mol. The third kappa shape index (κ3) is 10.5. The Balaban J connectivity index is 0.000000174. The third-order valence-electron chi connectivity index (χ3n) is 12.5. The molecule has 0 saturated heterocycles. The molecule has 1 aliphatic carbocycles. The number of allylic oxidation sites excluding steroid dienone is 5. The molecule has 0 saturated carbocycles. The van der Waals surface area contributed by atoms with Crippen LogP contribution < -0.4 is 0 Å². The maximum Gasteiger partial charge on any atom is 0.124 e. The Hall–Kier alpha value is -9.12. The van der Waals surface area contributed by atoms with Crippen LogP contribution in [0.1, 0.15) is 56.5 Å². The van der Waals surface area contributed by atoms with Crippen LogP contribution in [0, 0.1) is 16.7 Å². The summed E-state index contributed by atoms with van der Waals surface area (Å²) in [6, 6.07) is 80.6. The van der Waals surface area contributed by atoms with Gasteiger partial charge >= 0.3 is 0 Å². The fourth-order valence-electron chi connectivity index (χ4n) is 9.17. The Kier molecular flexibility index (Phi) is 14.5. The lowest BCUT2D eigenvalue weighted by molar-refractivity contribution is 0.474. The zero-order chi connectivity index (χ0) is 48.1. The first-order valence-corrected chi connectivity index (χ1v) is 23.5. The van der Waals surface area contributed by atoms with Crippen molar-refractivity contribution < 1.29 is 10.2 Å². The van der Waals surface area contributed by atoms with Gasteiger partial charge in [0, 0.05) is 29.5 Å². The van der Waals surface area contributed by atoms with Crippen LogP contribution in [0.4, 0.5) is 0 Å². The van der Waals surface area contributed by atoms with Crippen LogP contribution in [0.25, 0.3) is 44.5 Å². The van der Waals surface area contributed by atoms with Crippen molar-refractivity contribution in [2.45, 2.75) is 6.42 Å². The van der Waals surface area contributed by atoms with E-state index in [2.05, 4.69) is 206 Å².